The minimum atomic E-state index is -0.211. The van der Waals surface area contributed by atoms with Crippen molar-refractivity contribution in [1.82, 2.24) is 4.98 Å². The predicted octanol–water partition coefficient (Wildman–Crippen LogP) is 2.92. The number of carbonyl (C=O) groups is 1. The minimum absolute atomic E-state index is 0.211. The highest BCUT2D eigenvalue weighted by atomic mass is 79.9. The second kappa shape index (κ2) is 4.63. The number of nitrogens with two attached hydrogens (primary N) is 1. The predicted molar refractivity (Wildman–Crippen MR) is 72.0 cm³/mol. The molecule has 1 heterocycles. The fraction of sp³-hybridized carbons (Fsp3) is 0.0833. The zero-order chi connectivity index (χ0) is 12.4. The summed E-state index contributed by atoms with van der Waals surface area (Å²) in [6.45, 7) is 1.99. The minimum Gasteiger partial charge on any atom is -0.397 e. The summed E-state index contributed by atoms with van der Waals surface area (Å²) < 4.78 is 0.960. The summed E-state index contributed by atoms with van der Waals surface area (Å²) in [6, 6.07) is 7.24. The van der Waals surface area contributed by atoms with Crippen LogP contribution in [0.5, 0.6) is 0 Å². The van der Waals surface area contributed by atoms with Gasteiger partial charge in [0.15, 0.2) is 0 Å². The van der Waals surface area contributed by atoms with Gasteiger partial charge in [0.25, 0.3) is 5.91 Å². The van der Waals surface area contributed by atoms with E-state index in [1.54, 1.807) is 12.3 Å². The van der Waals surface area contributed by atoms with E-state index in [9.17, 15) is 4.79 Å². The van der Waals surface area contributed by atoms with Crippen LogP contribution in [0.25, 0.3) is 0 Å². The van der Waals surface area contributed by atoms with Crippen LogP contribution in [-0.4, -0.2) is 10.9 Å². The van der Waals surface area contributed by atoms with E-state index >= 15 is 0 Å². The van der Waals surface area contributed by atoms with Crippen LogP contribution in [0.2, 0.25) is 0 Å². The maximum absolute atomic E-state index is 11.8. The molecule has 5 heteroatoms. The molecule has 0 radical (unpaired) electrons. The van der Waals surface area contributed by atoms with Crippen molar-refractivity contribution >= 4 is 33.2 Å². The number of nitrogens with one attached hydrogen (secondary N) is 2. The van der Waals surface area contributed by atoms with Crippen molar-refractivity contribution in [2.45, 2.75) is 6.92 Å². The third-order valence-electron chi connectivity index (χ3n) is 2.38. The molecule has 0 aliphatic rings. The van der Waals surface area contributed by atoms with E-state index in [-0.39, 0.29) is 5.91 Å². The lowest BCUT2D eigenvalue weighted by Gasteiger charge is -2.05. The molecule has 4 N–H and O–H groups in total. The molecule has 88 valence electrons. The summed E-state index contributed by atoms with van der Waals surface area (Å²) in [5, 5.41) is 2.78. The van der Waals surface area contributed by atoms with Crippen molar-refractivity contribution in [2.24, 2.45) is 0 Å². The Bertz CT molecular complexity index is 563. The lowest BCUT2D eigenvalue weighted by atomic mass is 10.2. The van der Waals surface area contributed by atoms with Gasteiger partial charge in [0.05, 0.1) is 0 Å². The second-order valence-corrected chi connectivity index (χ2v) is 4.62. The number of halogens is 1. The van der Waals surface area contributed by atoms with Gasteiger partial charge in [-0.1, -0.05) is 22.0 Å². The molecule has 2 rings (SSSR count). The third kappa shape index (κ3) is 2.68. The molecule has 0 fully saturated rings. The number of aryl methyl sites for hydroxylation is 1. The van der Waals surface area contributed by atoms with Gasteiger partial charge in [-0.15, -0.1) is 0 Å². The molecule has 1 amide bonds. The summed E-state index contributed by atoms with van der Waals surface area (Å²) in [5.74, 6) is -0.211. The van der Waals surface area contributed by atoms with Crippen LogP contribution in [0.15, 0.2) is 34.9 Å². The molecule has 0 saturated heterocycles. The Morgan fingerprint density at radius 3 is 2.76 bits per heavy atom. The molecule has 0 unspecified atom stereocenters. The number of hydrogen-bond acceptors (Lipinski definition) is 2. The van der Waals surface area contributed by atoms with Gasteiger partial charge in [-0.2, -0.15) is 0 Å². The monoisotopic (exact) mass is 293 g/mol. The van der Waals surface area contributed by atoms with Gasteiger partial charge >= 0.3 is 0 Å². The van der Waals surface area contributed by atoms with E-state index in [0.717, 1.165) is 15.7 Å². The molecule has 1 aromatic heterocycles. The lowest BCUT2D eigenvalue weighted by Crippen LogP contribution is -2.12. The summed E-state index contributed by atoms with van der Waals surface area (Å²) in [5.41, 5.74) is 8.38. The zero-order valence-corrected chi connectivity index (χ0v) is 10.8. The molecule has 1 aromatic carbocycles. The number of aromatic nitrogens is 1. The van der Waals surface area contributed by atoms with Crippen molar-refractivity contribution in [2.75, 3.05) is 11.1 Å². The van der Waals surface area contributed by atoms with Crippen LogP contribution >= 0.6 is 15.9 Å². The molecule has 0 aliphatic carbocycles. The van der Waals surface area contributed by atoms with Crippen molar-refractivity contribution in [3.05, 3.63) is 46.2 Å². The third-order valence-corrected chi connectivity index (χ3v) is 3.23. The van der Waals surface area contributed by atoms with Crippen LogP contribution < -0.4 is 11.1 Å². The van der Waals surface area contributed by atoms with Gasteiger partial charge in [-0.3, -0.25) is 4.79 Å². The highest BCUT2D eigenvalue weighted by molar-refractivity contribution is 9.10. The number of rotatable bonds is 2. The molecular weight excluding hydrogens is 282 g/mol. The second-order valence-electron chi connectivity index (χ2n) is 3.76. The van der Waals surface area contributed by atoms with Crippen molar-refractivity contribution < 1.29 is 4.79 Å². The zero-order valence-electron chi connectivity index (χ0n) is 9.25. The Labute approximate surface area is 107 Å². The van der Waals surface area contributed by atoms with Gasteiger partial charge in [0, 0.05) is 22.0 Å². The van der Waals surface area contributed by atoms with E-state index in [2.05, 4.69) is 26.2 Å². The topological polar surface area (TPSA) is 70.9 Å². The molecule has 17 heavy (non-hydrogen) atoms. The molecule has 2 aromatic rings. The first-order chi connectivity index (χ1) is 8.06. The first-order valence-electron chi connectivity index (χ1n) is 5.07. The Morgan fingerprint density at radius 1 is 1.41 bits per heavy atom. The van der Waals surface area contributed by atoms with Crippen LogP contribution in [0, 0.1) is 6.92 Å². The molecular formula is C12H12BrN3O. The maximum atomic E-state index is 11.8. The summed E-state index contributed by atoms with van der Waals surface area (Å²) >= 11 is 3.42. The number of H-pyrrole nitrogens is 1. The fourth-order valence-corrected chi connectivity index (χ4v) is 1.79. The highest BCUT2D eigenvalue weighted by Crippen LogP contribution is 2.21. The quantitative estimate of drug-likeness (QED) is 0.797. The van der Waals surface area contributed by atoms with Crippen LogP contribution in [0.3, 0.4) is 0 Å². The standard InChI is InChI=1S/C12H12BrN3O/c1-7-2-3-9(5-10(7)13)16-12(17)11-4-8(14)6-15-11/h2-6,15H,14H2,1H3,(H,16,17). The van der Waals surface area contributed by atoms with Crippen LogP contribution in [-0.2, 0) is 0 Å². The van der Waals surface area contributed by atoms with Gasteiger partial charge in [0.2, 0.25) is 0 Å². The molecule has 4 nitrogen and oxygen atoms in total. The molecule has 0 atom stereocenters. The first-order valence-corrected chi connectivity index (χ1v) is 5.87. The maximum Gasteiger partial charge on any atom is 0.272 e. The van der Waals surface area contributed by atoms with Gasteiger partial charge in [-0.05, 0) is 30.7 Å². The van der Waals surface area contributed by atoms with E-state index in [0.29, 0.717) is 11.4 Å². The number of nitrogen functional groups attached to an aromatic ring is 1. The Morgan fingerprint density at radius 2 is 2.18 bits per heavy atom. The van der Waals surface area contributed by atoms with Crippen molar-refractivity contribution in [3.63, 3.8) is 0 Å². The van der Waals surface area contributed by atoms with Crippen LogP contribution in [0.1, 0.15) is 16.1 Å². The summed E-state index contributed by atoms with van der Waals surface area (Å²) in [6.07, 6.45) is 1.58. The molecule has 0 bridgehead atoms. The number of anilines is 2. The molecule has 0 spiro atoms. The van der Waals surface area contributed by atoms with Gasteiger partial charge < -0.3 is 16.0 Å². The van der Waals surface area contributed by atoms with Crippen molar-refractivity contribution in [3.8, 4) is 0 Å². The van der Waals surface area contributed by atoms with E-state index in [1.807, 2.05) is 25.1 Å². The Kier molecular flexibility index (Phi) is 3.19. The van der Waals surface area contributed by atoms with Gasteiger partial charge in [0.1, 0.15) is 5.69 Å². The van der Waals surface area contributed by atoms with E-state index in [1.165, 1.54) is 0 Å². The number of aromatic amines is 1. The smallest absolute Gasteiger partial charge is 0.272 e. The average molecular weight is 294 g/mol. The fourth-order valence-electron chi connectivity index (χ4n) is 1.41. The average Bonchev–Trinajstić information content (AvgIpc) is 2.70. The summed E-state index contributed by atoms with van der Waals surface area (Å²) in [7, 11) is 0. The SMILES string of the molecule is Cc1ccc(NC(=O)c2cc(N)c[nH]2)cc1Br. The first kappa shape index (κ1) is 11.7. The largest absolute Gasteiger partial charge is 0.397 e. The molecule has 0 saturated carbocycles. The van der Waals surface area contributed by atoms with Crippen LogP contribution in [0.4, 0.5) is 11.4 Å². The number of hydrogen-bond donors (Lipinski definition) is 3. The number of carbonyl (C=O) groups excluding carboxylic acids is 1. The Balaban J connectivity index is 2.15. The Hall–Kier alpha value is -1.75. The number of amides is 1. The van der Waals surface area contributed by atoms with E-state index in [4.69, 9.17) is 5.73 Å². The summed E-state index contributed by atoms with van der Waals surface area (Å²) in [4.78, 5) is 14.6. The normalized spacial score (nSPS) is 10.2. The number of benzene rings is 1. The molecule has 0 aliphatic heterocycles. The van der Waals surface area contributed by atoms with Crippen molar-refractivity contribution in [1.29, 1.82) is 0 Å². The van der Waals surface area contributed by atoms with E-state index < -0.39 is 0 Å². The lowest BCUT2D eigenvalue weighted by molar-refractivity contribution is 0.102. The highest BCUT2D eigenvalue weighted by Gasteiger charge is 2.08. The van der Waals surface area contributed by atoms with Gasteiger partial charge in [-0.25, -0.2) is 0 Å².